The molecule has 0 heterocycles. The standard InChI is InChI=1S/C14H26N2O4/c1-5-14(6-2,13(19)20)7-11(17)16-9-12(18)15-8-10(3)4/h10H,5-9H2,1-4H3,(H,15,18)(H,16,17)(H,19,20). The quantitative estimate of drug-likeness (QED) is 0.592. The molecule has 0 atom stereocenters. The Hall–Kier alpha value is -1.59. The molecular weight excluding hydrogens is 260 g/mol. The van der Waals surface area contributed by atoms with Gasteiger partial charge in [-0.3, -0.25) is 14.4 Å². The van der Waals surface area contributed by atoms with Gasteiger partial charge in [-0.15, -0.1) is 0 Å². The summed E-state index contributed by atoms with van der Waals surface area (Å²) in [5, 5.41) is 14.4. The second-order valence-corrected chi connectivity index (χ2v) is 5.44. The van der Waals surface area contributed by atoms with Crippen molar-refractivity contribution in [2.75, 3.05) is 13.1 Å². The molecule has 0 aromatic carbocycles. The van der Waals surface area contributed by atoms with Crippen molar-refractivity contribution in [3.05, 3.63) is 0 Å². The Morgan fingerprint density at radius 2 is 1.60 bits per heavy atom. The molecular formula is C14H26N2O4. The lowest BCUT2D eigenvalue weighted by molar-refractivity contribution is -0.152. The molecule has 0 saturated carbocycles. The van der Waals surface area contributed by atoms with Crippen LogP contribution >= 0.6 is 0 Å². The molecule has 0 aromatic rings. The first kappa shape index (κ1) is 18.4. The number of carbonyl (C=O) groups excluding carboxylic acids is 2. The molecule has 3 N–H and O–H groups in total. The zero-order valence-corrected chi connectivity index (χ0v) is 12.8. The summed E-state index contributed by atoms with van der Waals surface area (Å²) in [4.78, 5) is 34.5. The van der Waals surface area contributed by atoms with E-state index in [1.54, 1.807) is 13.8 Å². The Kier molecular flexibility index (Phi) is 7.87. The van der Waals surface area contributed by atoms with Crippen molar-refractivity contribution in [3.8, 4) is 0 Å². The molecule has 0 bridgehead atoms. The third kappa shape index (κ3) is 6.04. The fourth-order valence-corrected chi connectivity index (χ4v) is 1.81. The number of carboxylic acids is 1. The highest BCUT2D eigenvalue weighted by molar-refractivity contribution is 5.88. The molecule has 20 heavy (non-hydrogen) atoms. The van der Waals surface area contributed by atoms with Crippen LogP contribution < -0.4 is 10.6 Å². The smallest absolute Gasteiger partial charge is 0.310 e. The molecule has 6 heteroatoms. The summed E-state index contributed by atoms with van der Waals surface area (Å²) in [6, 6.07) is 0. The van der Waals surface area contributed by atoms with Crippen LogP contribution in [0.25, 0.3) is 0 Å². The fourth-order valence-electron chi connectivity index (χ4n) is 1.81. The number of hydrogen-bond acceptors (Lipinski definition) is 3. The summed E-state index contributed by atoms with van der Waals surface area (Å²) in [6.07, 6.45) is 0.657. The number of carboxylic acid groups (broad SMARTS) is 1. The van der Waals surface area contributed by atoms with Crippen molar-refractivity contribution in [2.24, 2.45) is 11.3 Å². The monoisotopic (exact) mass is 286 g/mol. The topological polar surface area (TPSA) is 95.5 Å². The predicted octanol–water partition coefficient (Wildman–Crippen LogP) is 1.16. The number of amides is 2. The van der Waals surface area contributed by atoms with E-state index in [0.29, 0.717) is 25.3 Å². The van der Waals surface area contributed by atoms with Crippen molar-refractivity contribution in [1.29, 1.82) is 0 Å². The summed E-state index contributed by atoms with van der Waals surface area (Å²) < 4.78 is 0. The lowest BCUT2D eigenvalue weighted by Crippen LogP contribution is -2.41. The molecule has 0 aromatic heterocycles. The Balaban J connectivity index is 4.28. The van der Waals surface area contributed by atoms with Crippen molar-refractivity contribution in [1.82, 2.24) is 10.6 Å². The average molecular weight is 286 g/mol. The molecule has 2 amide bonds. The maximum absolute atomic E-state index is 11.8. The maximum Gasteiger partial charge on any atom is 0.310 e. The number of aliphatic carboxylic acids is 1. The molecule has 0 rings (SSSR count). The van der Waals surface area contributed by atoms with Gasteiger partial charge >= 0.3 is 5.97 Å². The van der Waals surface area contributed by atoms with E-state index >= 15 is 0 Å². The number of nitrogens with one attached hydrogen (secondary N) is 2. The van der Waals surface area contributed by atoms with E-state index in [1.807, 2.05) is 13.8 Å². The molecule has 0 fully saturated rings. The van der Waals surface area contributed by atoms with Gasteiger partial charge in [-0.05, 0) is 18.8 Å². The molecule has 0 aliphatic heterocycles. The summed E-state index contributed by atoms with van der Waals surface area (Å²) in [5.74, 6) is -1.30. The third-order valence-corrected chi connectivity index (χ3v) is 3.46. The van der Waals surface area contributed by atoms with E-state index in [0.717, 1.165) is 0 Å². The molecule has 0 aliphatic rings. The van der Waals surface area contributed by atoms with E-state index in [4.69, 9.17) is 0 Å². The average Bonchev–Trinajstić information content (AvgIpc) is 2.39. The second-order valence-electron chi connectivity index (χ2n) is 5.44. The third-order valence-electron chi connectivity index (χ3n) is 3.46. The molecule has 0 unspecified atom stereocenters. The molecule has 0 spiro atoms. The summed E-state index contributed by atoms with van der Waals surface area (Å²) in [6.45, 7) is 7.89. The van der Waals surface area contributed by atoms with Crippen LogP contribution in [-0.4, -0.2) is 36.0 Å². The van der Waals surface area contributed by atoms with Gasteiger partial charge in [0.1, 0.15) is 0 Å². The highest BCUT2D eigenvalue weighted by Crippen LogP contribution is 2.30. The minimum absolute atomic E-state index is 0.104. The second kappa shape index (κ2) is 8.55. The normalized spacial score (nSPS) is 11.2. The van der Waals surface area contributed by atoms with Crippen molar-refractivity contribution < 1.29 is 19.5 Å². The highest BCUT2D eigenvalue weighted by Gasteiger charge is 2.37. The van der Waals surface area contributed by atoms with E-state index in [-0.39, 0.29) is 18.9 Å². The van der Waals surface area contributed by atoms with E-state index in [9.17, 15) is 19.5 Å². The van der Waals surface area contributed by atoms with E-state index < -0.39 is 17.3 Å². The molecule has 0 radical (unpaired) electrons. The van der Waals surface area contributed by atoms with Gasteiger partial charge in [0, 0.05) is 13.0 Å². The van der Waals surface area contributed by atoms with Crippen LogP contribution in [0, 0.1) is 11.3 Å². The zero-order chi connectivity index (χ0) is 15.8. The highest BCUT2D eigenvalue weighted by atomic mass is 16.4. The molecule has 0 aliphatic carbocycles. The van der Waals surface area contributed by atoms with Crippen LogP contribution in [0.3, 0.4) is 0 Å². The maximum atomic E-state index is 11.8. The first-order valence-electron chi connectivity index (χ1n) is 7.04. The van der Waals surface area contributed by atoms with Crippen LogP contribution in [0.2, 0.25) is 0 Å². The van der Waals surface area contributed by atoms with Gasteiger partial charge in [0.2, 0.25) is 11.8 Å². The van der Waals surface area contributed by atoms with Gasteiger partial charge in [0.15, 0.2) is 0 Å². The van der Waals surface area contributed by atoms with Crippen molar-refractivity contribution >= 4 is 17.8 Å². The van der Waals surface area contributed by atoms with E-state index in [1.165, 1.54) is 0 Å². The number of carbonyl (C=O) groups is 3. The Morgan fingerprint density at radius 1 is 1.05 bits per heavy atom. The Bertz CT molecular complexity index is 349. The first-order chi connectivity index (χ1) is 9.27. The van der Waals surface area contributed by atoms with Crippen molar-refractivity contribution in [2.45, 2.75) is 47.0 Å². The van der Waals surface area contributed by atoms with Crippen LogP contribution in [0.4, 0.5) is 0 Å². The fraction of sp³-hybridized carbons (Fsp3) is 0.786. The SMILES string of the molecule is CCC(CC)(CC(=O)NCC(=O)NCC(C)C)C(=O)O. The van der Waals surface area contributed by atoms with Crippen LogP contribution in [-0.2, 0) is 14.4 Å². The van der Waals surface area contributed by atoms with Gasteiger partial charge in [-0.2, -0.15) is 0 Å². The zero-order valence-electron chi connectivity index (χ0n) is 12.8. The lowest BCUT2D eigenvalue weighted by Gasteiger charge is -2.25. The van der Waals surface area contributed by atoms with Gasteiger partial charge in [-0.25, -0.2) is 0 Å². The Morgan fingerprint density at radius 3 is 2.00 bits per heavy atom. The van der Waals surface area contributed by atoms with Crippen LogP contribution in [0.15, 0.2) is 0 Å². The number of hydrogen-bond donors (Lipinski definition) is 3. The predicted molar refractivity (Wildman–Crippen MR) is 76.1 cm³/mol. The van der Waals surface area contributed by atoms with Gasteiger partial charge in [0.05, 0.1) is 12.0 Å². The summed E-state index contributed by atoms with van der Waals surface area (Å²) in [5.41, 5.74) is -1.04. The van der Waals surface area contributed by atoms with Gasteiger partial charge < -0.3 is 15.7 Å². The lowest BCUT2D eigenvalue weighted by atomic mass is 9.79. The minimum atomic E-state index is -1.04. The van der Waals surface area contributed by atoms with Gasteiger partial charge in [-0.1, -0.05) is 27.7 Å². The Labute approximate surface area is 120 Å². The minimum Gasteiger partial charge on any atom is -0.481 e. The van der Waals surface area contributed by atoms with Crippen LogP contribution in [0.1, 0.15) is 47.0 Å². The van der Waals surface area contributed by atoms with E-state index in [2.05, 4.69) is 10.6 Å². The van der Waals surface area contributed by atoms with Crippen molar-refractivity contribution in [3.63, 3.8) is 0 Å². The molecule has 0 saturated heterocycles. The first-order valence-corrected chi connectivity index (χ1v) is 7.04. The largest absolute Gasteiger partial charge is 0.481 e. The molecule has 6 nitrogen and oxygen atoms in total. The molecule has 116 valence electrons. The number of rotatable bonds is 9. The van der Waals surface area contributed by atoms with Gasteiger partial charge in [0.25, 0.3) is 0 Å². The summed E-state index contributed by atoms with van der Waals surface area (Å²) >= 11 is 0. The summed E-state index contributed by atoms with van der Waals surface area (Å²) in [7, 11) is 0. The van der Waals surface area contributed by atoms with Crippen LogP contribution in [0.5, 0.6) is 0 Å².